The highest BCUT2D eigenvalue weighted by Crippen LogP contribution is 2.21. The Hall–Kier alpha value is -1.87. The van der Waals surface area contributed by atoms with Gasteiger partial charge >= 0.3 is 5.97 Å². The molecule has 0 aliphatic carbocycles. The van der Waals surface area contributed by atoms with Gasteiger partial charge in [-0.05, 0) is 44.3 Å². The predicted octanol–water partition coefficient (Wildman–Crippen LogP) is 4.91. The lowest BCUT2D eigenvalue weighted by molar-refractivity contribution is -0.151. The Morgan fingerprint density at radius 1 is 1.28 bits per heavy atom. The van der Waals surface area contributed by atoms with Crippen molar-refractivity contribution in [2.75, 3.05) is 0 Å². The highest BCUT2D eigenvalue weighted by atomic mass is 16.6. The largest absolute Gasteiger partial charge is 0.452 e. The molecule has 0 bridgehead atoms. The van der Waals surface area contributed by atoms with Crippen molar-refractivity contribution in [1.82, 2.24) is 0 Å². The SMILES string of the molecule is CC[C@H](C)/C=C/C=C(\C)C[C@@H](C)/C=C/C=C/[C@H]1OC(=O)C=C[C@]1(C)O. The van der Waals surface area contributed by atoms with Crippen LogP contribution in [0.25, 0.3) is 0 Å². The standard InChI is InChI=1S/C22H32O3/c1-6-17(2)11-9-12-19(4)16-18(3)10-7-8-13-20-22(5,24)15-14-21(23)25-20/h7-15,17-18,20,24H,6,16H2,1-5H3/b10-7+,11-9+,13-8+,19-12+/t17-,18-,20+,22-/m0/s1. The lowest BCUT2D eigenvalue weighted by atomic mass is 9.96. The normalized spacial score (nSPS) is 27.4. The molecule has 0 radical (unpaired) electrons. The number of hydrogen-bond acceptors (Lipinski definition) is 3. The number of allylic oxidation sites excluding steroid dienone is 7. The van der Waals surface area contributed by atoms with Crippen LogP contribution in [0.15, 0.2) is 60.3 Å². The van der Waals surface area contributed by atoms with E-state index in [4.69, 9.17) is 4.74 Å². The molecule has 0 fully saturated rings. The Balaban J connectivity index is 2.50. The second-order valence-corrected chi connectivity index (χ2v) is 7.15. The molecule has 1 rings (SSSR count). The smallest absolute Gasteiger partial charge is 0.331 e. The summed E-state index contributed by atoms with van der Waals surface area (Å²) in [5.74, 6) is 0.601. The van der Waals surface area contributed by atoms with Crippen LogP contribution in [0.1, 0.15) is 47.5 Å². The molecule has 0 unspecified atom stereocenters. The van der Waals surface area contributed by atoms with Gasteiger partial charge in [-0.1, -0.05) is 69.2 Å². The highest BCUT2D eigenvalue weighted by Gasteiger charge is 2.33. The maximum atomic E-state index is 11.3. The van der Waals surface area contributed by atoms with Crippen LogP contribution in [0.5, 0.6) is 0 Å². The van der Waals surface area contributed by atoms with Crippen molar-refractivity contribution in [2.24, 2.45) is 11.8 Å². The number of esters is 1. The molecule has 3 heteroatoms. The Morgan fingerprint density at radius 2 is 1.96 bits per heavy atom. The van der Waals surface area contributed by atoms with Gasteiger partial charge in [-0.2, -0.15) is 0 Å². The first-order valence-corrected chi connectivity index (χ1v) is 9.05. The minimum Gasteiger partial charge on any atom is -0.452 e. The van der Waals surface area contributed by atoms with Crippen molar-refractivity contribution in [3.8, 4) is 0 Å². The lowest BCUT2D eigenvalue weighted by Crippen LogP contribution is -2.42. The van der Waals surface area contributed by atoms with Crippen LogP contribution in [0.4, 0.5) is 0 Å². The molecule has 25 heavy (non-hydrogen) atoms. The van der Waals surface area contributed by atoms with Gasteiger partial charge in [0.15, 0.2) is 6.10 Å². The van der Waals surface area contributed by atoms with Gasteiger partial charge in [0.25, 0.3) is 0 Å². The monoisotopic (exact) mass is 344 g/mol. The van der Waals surface area contributed by atoms with Crippen molar-refractivity contribution in [3.63, 3.8) is 0 Å². The topological polar surface area (TPSA) is 46.5 Å². The average Bonchev–Trinajstić information content (AvgIpc) is 2.54. The summed E-state index contributed by atoms with van der Waals surface area (Å²) in [6.07, 6.45) is 18.4. The van der Waals surface area contributed by atoms with Crippen molar-refractivity contribution in [2.45, 2.75) is 59.2 Å². The van der Waals surface area contributed by atoms with E-state index in [1.54, 1.807) is 13.0 Å². The molecule has 0 saturated heterocycles. The second kappa shape index (κ2) is 10.2. The van der Waals surface area contributed by atoms with Crippen LogP contribution in [0.3, 0.4) is 0 Å². The quantitative estimate of drug-likeness (QED) is 0.503. The van der Waals surface area contributed by atoms with Crippen LogP contribution >= 0.6 is 0 Å². The summed E-state index contributed by atoms with van der Waals surface area (Å²) in [4.78, 5) is 11.3. The van der Waals surface area contributed by atoms with Gasteiger partial charge in [-0.3, -0.25) is 0 Å². The van der Waals surface area contributed by atoms with E-state index < -0.39 is 17.7 Å². The zero-order valence-electron chi connectivity index (χ0n) is 16.1. The van der Waals surface area contributed by atoms with E-state index in [2.05, 4.69) is 52.0 Å². The molecular weight excluding hydrogens is 312 g/mol. The third-order valence-corrected chi connectivity index (χ3v) is 4.32. The van der Waals surface area contributed by atoms with E-state index >= 15 is 0 Å². The number of carbonyl (C=O) groups excluding carboxylic acids is 1. The Labute approximate surface area is 152 Å². The number of aliphatic hydroxyl groups is 1. The van der Waals surface area contributed by atoms with E-state index in [0.717, 1.165) is 12.8 Å². The fraction of sp³-hybridized carbons (Fsp3) is 0.500. The summed E-state index contributed by atoms with van der Waals surface area (Å²) in [7, 11) is 0. The number of rotatable bonds is 8. The number of ether oxygens (including phenoxy) is 1. The maximum Gasteiger partial charge on any atom is 0.331 e. The van der Waals surface area contributed by atoms with Gasteiger partial charge in [0.2, 0.25) is 0 Å². The van der Waals surface area contributed by atoms with Crippen LogP contribution in [0.2, 0.25) is 0 Å². The minimum atomic E-state index is -1.16. The summed E-state index contributed by atoms with van der Waals surface area (Å²) in [6, 6.07) is 0. The Morgan fingerprint density at radius 3 is 2.64 bits per heavy atom. The first-order valence-electron chi connectivity index (χ1n) is 9.05. The summed E-state index contributed by atoms with van der Waals surface area (Å²) < 4.78 is 5.13. The molecule has 0 amide bonds. The molecular formula is C22H32O3. The number of carbonyl (C=O) groups is 1. The van der Waals surface area contributed by atoms with E-state index in [1.165, 1.54) is 17.7 Å². The van der Waals surface area contributed by atoms with Crippen LogP contribution < -0.4 is 0 Å². The molecule has 0 aromatic carbocycles. The van der Waals surface area contributed by atoms with Crippen LogP contribution in [0, 0.1) is 11.8 Å². The highest BCUT2D eigenvalue weighted by molar-refractivity contribution is 5.83. The molecule has 1 aliphatic heterocycles. The molecule has 1 heterocycles. The molecule has 0 aromatic rings. The average molecular weight is 344 g/mol. The summed E-state index contributed by atoms with van der Waals surface area (Å²) in [6.45, 7) is 10.3. The van der Waals surface area contributed by atoms with Gasteiger partial charge < -0.3 is 9.84 Å². The second-order valence-electron chi connectivity index (χ2n) is 7.15. The van der Waals surface area contributed by atoms with E-state index in [1.807, 2.05) is 12.2 Å². The molecule has 0 aromatic heterocycles. The summed E-state index contributed by atoms with van der Waals surface area (Å²) >= 11 is 0. The third-order valence-electron chi connectivity index (χ3n) is 4.32. The van der Waals surface area contributed by atoms with Gasteiger partial charge in [-0.15, -0.1) is 0 Å². The molecule has 3 nitrogen and oxygen atoms in total. The molecule has 0 spiro atoms. The summed E-state index contributed by atoms with van der Waals surface area (Å²) in [5.41, 5.74) is 0.181. The van der Waals surface area contributed by atoms with Crippen molar-refractivity contribution in [1.29, 1.82) is 0 Å². The van der Waals surface area contributed by atoms with Gasteiger partial charge in [0.1, 0.15) is 5.60 Å². The lowest BCUT2D eigenvalue weighted by Gasteiger charge is -2.30. The van der Waals surface area contributed by atoms with E-state index in [-0.39, 0.29) is 0 Å². The molecule has 0 saturated carbocycles. The molecule has 4 atom stereocenters. The number of cyclic esters (lactones) is 1. The van der Waals surface area contributed by atoms with E-state index in [9.17, 15) is 9.90 Å². The fourth-order valence-electron chi connectivity index (χ4n) is 2.46. The zero-order chi connectivity index (χ0) is 18.9. The van der Waals surface area contributed by atoms with Crippen LogP contribution in [-0.2, 0) is 9.53 Å². The number of hydrogen-bond donors (Lipinski definition) is 1. The van der Waals surface area contributed by atoms with Crippen molar-refractivity contribution < 1.29 is 14.6 Å². The van der Waals surface area contributed by atoms with Gasteiger partial charge in [-0.25, -0.2) is 4.79 Å². The minimum absolute atomic E-state index is 0.409. The van der Waals surface area contributed by atoms with E-state index in [0.29, 0.717) is 11.8 Å². The van der Waals surface area contributed by atoms with Gasteiger partial charge in [0.05, 0.1) is 0 Å². The molecule has 1 aliphatic rings. The van der Waals surface area contributed by atoms with Gasteiger partial charge in [0, 0.05) is 6.08 Å². The van der Waals surface area contributed by atoms with Crippen LogP contribution in [-0.4, -0.2) is 22.8 Å². The zero-order valence-corrected chi connectivity index (χ0v) is 16.1. The predicted molar refractivity (Wildman–Crippen MR) is 104 cm³/mol. The summed E-state index contributed by atoms with van der Waals surface area (Å²) in [5, 5.41) is 10.2. The first-order chi connectivity index (χ1) is 11.7. The van der Waals surface area contributed by atoms with Crippen molar-refractivity contribution in [3.05, 3.63) is 60.3 Å². The molecule has 1 N–H and O–H groups in total. The maximum absolute atomic E-state index is 11.3. The Bertz CT molecular complexity index is 576. The molecule has 138 valence electrons. The third kappa shape index (κ3) is 8.17. The Kier molecular flexibility index (Phi) is 8.64. The first kappa shape index (κ1) is 21.2. The fourth-order valence-corrected chi connectivity index (χ4v) is 2.46. The van der Waals surface area contributed by atoms with Crippen molar-refractivity contribution >= 4 is 5.97 Å².